The predicted octanol–water partition coefficient (Wildman–Crippen LogP) is 4.73. The third-order valence-electron chi connectivity index (χ3n) is 4.28. The van der Waals surface area contributed by atoms with Crippen LogP contribution in [0.3, 0.4) is 0 Å². The highest BCUT2D eigenvalue weighted by Crippen LogP contribution is 2.24. The zero-order valence-corrected chi connectivity index (χ0v) is 16.3. The molecule has 0 heterocycles. The number of sulfone groups is 1. The van der Waals surface area contributed by atoms with Crippen molar-refractivity contribution in [1.29, 1.82) is 0 Å². The first kappa shape index (κ1) is 18.1. The van der Waals surface area contributed by atoms with Crippen LogP contribution in [0.4, 0.5) is 0 Å². The van der Waals surface area contributed by atoms with E-state index in [4.69, 9.17) is 0 Å². The molecule has 0 radical (unpaired) electrons. The number of rotatable bonds is 6. The van der Waals surface area contributed by atoms with Crippen molar-refractivity contribution in [3.8, 4) is 0 Å². The van der Waals surface area contributed by atoms with Gasteiger partial charge in [-0.1, -0.05) is 58.4 Å². The first-order valence-electron chi connectivity index (χ1n) is 8.17. The van der Waals surface area contributed by atoms with Crippen molar-refractivity contribution in [1.82, 2.24) is 5.32 Å². The number of nitrogens with one attached hydrogen (secondary N) is 1. The molecule has 5 heteroatoms. The molecule has 0 saturated carbocycles. The average molecular weight is 418 g/mol. The maximum atomic E-state index is 12.4. The van der Waals surface area contributed by atoms with Crippen molar-refractivity contribution in [3.63, 3.8) is 0 Å². The summed E-state index contributed by atoms with van der Waals surface area (Å²) in [4.78, 5) is 0.357. The maximum Gasteiger partial charge on any atom is 0.179 e. The van der Waals surface area contributed by atoms with E-state index in [-0.39, 0.29) is 11.8 Å². The molecule has 0 aliphatic rings. The summed E-state index contributed by atoms with van der Waals surface area (Å²) in [5.41, 5.74) is 1.18. The van der Waals surface area contributed by atoms with E-state index < -0.39 is 9.84 Å². The van der Waals surface area contributed by atoms with E-state index in [1.54, 1.807) is 24.3 Å². The van der Waals surface area contributed by atoms with Gasteiger partial charge in [0.15, 0.2) is 9.84 Å². The van der Waals surface area contributed by atoms with Crippen LogP contribution in [-0.4, -0.2) is 20.7 Å². The summed E-state index contributed by atoms with van der Waals surface area (Å²) in [7, 11) is -3.28. The number of hydrogen-bond donors (Lipinski definition) is 1. The number of benzene rings is 3. The van der Waals surface area contributed by atoms with Gasteiger partial charge in [-0.15, -0.1) is 0 Å². The Bertz CT molecular complexity index is 963. The summed E-state index contributed by atoms with van der Waals surface area (Å²) >= 11 is 3.32. The second-order valence-corrected chi connectivity index (χ2v) is 9.04. The predicted molar refractivity (Wildman–Crippen MR) is 107 cm³/mol. The lowest BCUT2D eigenvalue weighted by atomic mass is 10.00. The normalized spacial score (nSPS) is 13.0. The van der Waals surface area contributed by atoms with Crippen molar-refractivity contribution in [2.45, 2.75) is 17.9 Å². The van der Waals surface area contributed by atoms with Crippen LogP contribution in [0.25, 0.3) is 10.8 Å². The lowest BCUT2D eigenvalue weighted by Gasteiger charge is -2.16. The summed E-state index contributed by atoms with van der Waals surface area (Å²) in [5, 5.41) is 5.73. The highest BCUT2D eigenvalue weighted by Gasteiger charge is 2.15. The van der Waals surface area contributed by atoms with Gasteiger partial charge in [0.05, 0.1) is 10.6 Å². The molecule has 0 aliphatic heterocycles. The lowest BCUT2D eigenvalue weighted by Crippen LogP contribution is -2.26. The van der Waals surface area contributed by atoms with E-state index in [1.807, 2.05) is 18.2 Å². The third-order valence-corrected chi connectivity index (χ3v) is 6.54. The van der Waals surface area contributed by atoms with Gasteiger partial charge >= 0.3 is 0 Å². The molecule has 3 aromatic carbocycles. The monoisotopic (exact) mass is 417 g/mol. The molecule has 0 amide bonds. The minimum absolute atomic E-state index is 0.0732. The van der Waals surface area contributed by atoms with Gasteiger partial charge < -0.3 is 5.32 Å². The zero-order chi connectivity index (χ0) is 17.9. The van der Waals surface area contributed by atoms with E-state index >= 15 is 0 Å². The number of halogens is 1. The molecule has 0 saturated heterocycles. The standard InChI is InChI=1S/C20H20BrNO2S/c1-15(19-8-4-6-16-5-2-3-7-20(16)19)22-13-14-25(23,24)18-11-9-17(21)10-12-18/h2-12,15,22H,13-14H2,1H3/t15-/m1/s1. The molecular formula is C20H20BrNO2S. The van der Waals surface area contributed by atoms with Gasteiger partial charge in [0, 0.05) is 17.1 Å². The van der Waals surface area contributed by atoms with Crippen molar-refractivity contribution < 1.29 is 8.42 Å². The Labute approximate surface area is 157 Å². The second-order valence-electron chi connectivity index (χ2n) is 6.02. The Kier molecular flexibility index (Phi) is 5.57. The molecule has 1 atom stereocenters. The average Bonchev–Trinajstić information content (AvgIpc) is 2.61. The van der Waals surface area contributed by atoms with Crippen molar-refractivity contribution in [2.75, 3.05) is 12.3 Å². The summed E-state index contributed by atoms with van der Waals surface area (Å²) in [6.45, 7) is 2.47. The maximum absolute atomic E-state index is 12.4. The van der Waals surface area contributed by atoms with Gasteiger partial charge in [-0.25, -0.2) is 8.42 Å². The summed E-state index contributed by atoms with van der Waals surface area (Å²) in [5.74, 6) is 0.0732. The van der Waals surface area contributed by atoms with Crippen LogP contribution in [-0.2, 0) is 9.84 Å². The molecule has 130 valence electrons. The molecule has 1 N–H and O–H groups in total. The topological polar surface area (TPSA) is 46.2 Å². The second kappa shape index (κ2) is 7.68. The minimum atomic E-state index is -3.28. The number of hydrogen-bond acceptors (Lipinski definition) is 3. The Morgan fingerprint density at radius 1 is 0.960 bits per heavy atom. The van der Waals surface area contributed by atoms with Crippen LogP contribution in [0.5, 0.6) is 0 Å². The Morgan fingerprint density at radius 2 is 1.64 bits per heavy atom. The largest absolute Gasteiger partial charge is 0.309 e. The van der Waals surface area contributed by atoms with E-state index in [1.165, 1.54) is 16.3 Å². The highest BCUT2D eigenvalue weighted by atomic mass is 79.9. The van der Waals surface area contributed by atoms with E-state index in [2.05, 4.69) is 52.4 Å². The smallest absolute Gasteiger partial charge is 0.179 e. The first-order chi connectivity index (χ1) is 12.0. The molecule has 3 nitrogen and oxygen atoms in total. The Balaban J connectivity index is 1.68. The Hall–Kier alpha value is -1.69. The molecule has 0 bridgehead atoms. The zero-order valence-electron chi connectivity index (χ0n) is 13.9. The van der Waals surface area contributed by atoms with E-state index in [0.717, 1.165) is 4.47 Å². The van der Waals surface area contributed by atoms with E-state index in [9.17, 15) is 8.42 Å². The first-order valence-corrected chi connectivity index (χ1v) is 10.6. The van der Waals surface area contributed by atoms with Crippen LogP contribution in [0, 0.1) is 0 Å². The Morgan fingerprint density at radius 3 is 2.40 bits per heavy atom. The van der Waals surface area contributed by atoms with Crippen LogP contribution >= 0.6 is 15.9 Å². The summed E-state index contributed by atoms with van der Waals surface area (Å²) < 4.78 is 25.7. The molecule has 3 aromatic rings. The van der Waals surface area contributed by atoms with Crippen molar-refractivity contribution in [2.24, 2.45) is 0 Å². The SMILES string of the molecule is C[C@@H](NCCS(=O)(=O)c1ccc(Br)cc1)c1cccc2ccccc12. The molecule has 3 rings (SSSR count). The fourth-order valence-electron chi connectivity index (χ4n) is 2.91. The van der Waals surface area contributed by atoms with Gasteiger partial charge in [0.25, 0.3) is 0 Å². The van der Waals surface area contributed by atoms with Crippen LogP contribution in [0.15, 0.2) is 76.1 Å². The van der Waals surface area contributed by atoms with Gasteiger partial charge in [0.1, 0.15) is 0 Å². The van der Waals surface area contributed by atoms with Gasteiger partial charge in [-0.05, 0) is 47.5 Å². The quantitative estimate of drug-likeness (QED) is 0.630. The third kappa shape index (κ3) is 4.29. The molecular weight excluding hydrogens is 398 g/mol. The minimum Gasteiger partial charge on any atom is -0.309 e. The summed E-state index contributed by atoms with van der Waals surface area (Å²) in [6.07, 6.45) is 0. The molecule has 0 fully saturated rings. The molecule has 0 aliphatic carbocycles. The summed E-state index contributed by atoms with van der Waals surface area (Å²) in [6, 6.07) is 21.3. The van der Waals surface area contributed by atoms with Gasteiger partial charge in [-0.2, -0.15) is 0 Å². The van der Waals surface area contributed by atoms with Crippen molar-refractivity contribution in [3.05, 3.63) is 76.8 Å². The fraction of sp³-hybridized carbons (Fsp3) is 0.200. The van der Waals surface area contributed by atoms with Crippen molar-refractivity contribution >= 4 is 36.5 Å². The number of fused-ring (bicyclic) bond motifs is 1. The van der Waals surface area contributed by atoms with E-state index in [0.29, 0.717) is 11.4 Å². The van der Waals surface area contributed by atoms with Crippen LogP contribution in [0.1, 0.15) is 18.5 Å². The van der Waals surface area contributed by atoms with Crippen LogP contribution < -0.4 is 5.32 Å². The molecule has 0 spiro atoms. The lowest BCUT2D eigenvalue weighted by molar-refractivity contribution is 0.574. The molecule has 0 aromatic heterocycles. The fourth-order valence-corrected chi connectivity index (χ4v) is 4.34. The molecule has 25 heavy (non-hydrogen) atoms. The van der Waals surface area contributed by atoms with Gasteiger partial charge in [-0.3, -0.25) is 0 Å². The van der Waals surface area contributed by atoms with Gasteiger partial charge in [0.2, 0.25) is 0 Å². The highest BCUT2D eigenvalue weighted by molar-refractivity contribution is 9.10. The molecule has 0 unspecified atom stereocenters. The van der Waals surface area contributed by atoms with Crippen LogP contribution in [0.2, 0.25) is 0 Å².